The number of rotatable bonds is 4. The van der Waals surface area contributed by atoms with Crippen molar-refractivity contribution in [2.75, 3.05) is 7.11 Å². The normalized spacial score (nSPS) is 22.9. The van der Waals surface area contributed by atoms with E-state index in [4.69, 9.17) is 4.84 Å². The minimum atomic E-state index is -1.98. The van der Waals surface area contributed by atoms with Crippen molar-refractivity contribution in [2.24, 2.45) is 0 Å². The van der Waals surface area contributed by atoms with Crippen LogP contribution >= 0.6 is 0 Å². The molecule has 1 fully saturated rings. The van der Waals surface area contributed by atoms with Crippen LogP contribution in [0.5, 0.6) is 0 Å². The zero-order valence-corrected chi connectivity index (χ0v) is 11.0. The maximum absolute atomic E-state index is 12.2. The van der Waals surface area contributed by atoms with Gasteiger partial charge in [-0.05, 0) is 5.56 Å². The van der Waals surface area contributed by atoms with Crippen LogP contribution in [-0.2, 0) is 25.6 Å². The van der Waals surface area contributed by atoms with Crippen LogP contribution in [0.2, 0.25) is 0 Å². The van der Waals surface area contributed by atoms with Gasteiger partial charge < -0.3 is 5.11 Å². The fourth-order valence-electron chi connectivity index (χ4n) is 2.46. The highest BCUT2D eigenvalue weighted by Crippen LogP contribution is 2.30. The minimum absolute atomic E-state index is 0.0313. The topological polar surface area (TPSA) is 83.9 Å². The van der Waals surface area contributed by atoms with Gasteiger partial charge in [-0.25, -0.2) is 4.79 Å². The number of carboxylic acids is 1. The van der Waals surface area contributed by atoms with E-state index in [9.17, 15) is 19.5 Å². The van der Waals surface area contributed by atoms with E-state index in [0.717, 1.165) is 0 Å². The molecule has 106 valence electrons. The number of carbonyl (C=O) groups is 3. The molecule has 1 aromatic rings. The zero-order valence-electron chi connectivity index (χ0n) is 11.0. The Morgan fingerprint density at radius 2 is 1.95 bits per heavy atom. The number of carbonyl (C=O) groups excluding carboxylic acids is 2. The van der Waals surface area contributed by atoms with Gasteiger partial charge in [0.25, 0.3) is 0 Å². The van der Waals surface area contributed by atoms with E-state index >= 15 is 0 Å². The first-order valence-corrected chi connectivity index (χ1v) is 6.20. The molecule has 1 aliphatic rings. The quantitative estimate of drug-likeness (QED) is 0.823. The third-order valence-corrected chi connectivity index (χ3v) is 3.44. The number of piperidine rings is 1. The summed E-state index contributed by atoms with van der Waals surface area (Å²) in [6, 6.07) is 8.71. The average molecular weight is 277 g/mol. The smallest absolute Gasteiger partial charge is 0.340 e. The Kier molecular flexibility index (Phi) is 3.85. The molecule has 1 N–H and O–H groups in total. The summed E-state index contributed by atoms with van der Waals surface area (Å²) >= 11 is 0. The Morgan fingerprint density at radius 1 is 1.30 bits per heavy atom. The Balaban J connectivity index is 2.48. The van der Waals surface area contributed by atoms with Crippen molar-refractivity contribution in [1.29, 1.82) is 0 Å². The number of benzene rings is 1. The zero-order chi connectivity index (χ0) is 14.8. The van der Waals surface area contributed by atoms with E-state index in [0.29, 0.717) is 10.6 Å². The molecule has 1 aliphatic heterocycles. The number of hydrogen-bond acceptors (Lipinski definition) is 4. The average Bonchev–Trinajstić information content (AvgIpc) is 2.44. The lowest BCUT2D eigenvalue weighted by Crippen LogP contribution is -2.65. The number of amides is 1. The molecule has 1 amide bonds. The van der Waals surface area contributed by atoms with E-state index in [2.05, 4.69) is 0 Å². The molecule has 6 heteroatoms. The maximum Gasteiger partial charge on any atom is 0.340 e. The molecule has 0 radical (unpaired) electrons. The molecule has 6 nitrogen and oxygen atoms in total. The summed E-state index contributed by atoms with van der Waals surface area (Å²) in [7, 11) is 1.19. The van der Waals surface area contributed by atoms with Crippen LogP contribution in [0.4, 0.5) is 0 Å². The maximum atomic E-state index is 12.2. The number of nitrogens with zero attached hydrogens (tertiary/aromatic N) is 1. The molecule has 0 bridgehead atoms. The molecule has 1 atom stereocenters. The largest absolute Gasteiger partial charge is 0.479 e. The molecule has 0 aromatic heterocycles. The molecule has 2 rings (SSSR count). The monoisotopic (exact) mass is 277 g/mol. The molecule has 0 spiro atoms. The lowest BCUT2D eigenvalue weighted by Gasteiger charge is -2.40. The van der Waals surface area contributed by atoms with E-state index in [1.165, 1.54) is 7.11 Å². The fraction of sp³-hybridized carbons (Fsp3) is 0.357. The summed E-state index contributed by atoms with van der Waals surface area (Å²) in [5.41, 5.74) is -1.33. The number of aliphatic carboxylic acids is 1. The third-order valence-electron chi connectivity index (χ3n) is 3.44. The van der Waals surface area contributed by atoms with Crippen LogP contribution in [0.1, 0.15) is 18.4 Å². The summed E-state index contributed by atoms with van der Waals surface area (Å²) in [6.07, 6.45) is -0.226. The second-order valence-corrected chi connectivity index (χ2v) is 4.62. The molecule has 20 heavy (non-hydrogen) atoms. The highest BCUT2D eigenvalue weighted by Gasteiger charge is 2.56. The van der Waals surface area contributed by atoms with Crippen LogP contribution in [-0.4, -0.2) is 40.5 Å². The second-order valence-electron chi connectivity index (χ2n) is 4.62. The first-order valence-electron chi connectivity index (χ1n) is 6.20. The third kappa shape index (κ3) is 2.18. The van der Waals surface area contributed by atoms with Gasteiger partial charge in [-0.15, -0.1) is 0 Å². The van der Waals surface area contributed by atoms with Gasteiger partial charge in [0.15, 0.2) is 5.78 Å². The molecule has 1 saturated heterocycles. The fourth-order valence-corrected chi connectivity index (χ4v) is 2.46. The number of carboxylic acid groups (broad SMARTS) is 1. The summed E-state index contributed by atoms with van der Waals surface area (Å²) in [5, 5.41) is 10.2. The van der Waals surface area contributed by atoms with Gasteiger partial charge in [0.1, 0.15) is 0 Å². The second kappa shape index (κ2) is 5.42. The molecule has 0 aliphatic carbocycles. The lowest BCUT2D eigenvalue weighted by molar-refractivity contribution is -0.221. The number of Topliss-reactive ketones (excluding diaryl/α,β-unsaturated/α-hetero) is 1. The summed E-state index contributed by atoms with van der Waals surface area (Å²) in [6.45, 7) is 0. The number of ketones is 1. The Labute approximate surface area is 115 Å². The molecule has 0 saturated carbocycles. The predicted molar refractivity (Wildman–Crippen MR) is 68.6 cm³/mol. The molecular weight excluding hydrogens is 262 g/mol. The first-order chi connectivity index (χ1) is 9.52. The van der Waals surface area contributed by atoms with Crippen LogP contribution in [0, 0.1) is 0 Å². The van der Waals surface area contributed by atoms with Crippen molar-refractivity contribution in [3.8, 4) is 0 Å². The summed E-state index contributed by atoms with van der Waals surface area (Å²) < 4.78 is 0. The van der Waals surface area contributed by atoms with Gasteiger partial charge in [-0.3, -0.25) is 14.4 Å². The number of hydroxylamine groups is 2. The van der Waals surface area contributed by atoms with E-state index in [1.54, 1.807) is 30.3 Å². The lowest BCUT2D eigenvalue weighted by atomic mass is 9.81. The highest BCUT2D eigenvalue weighted by molar-refractivity contribution is 6.13. The van der Waals surface area contributed by atoms with E-state index < -0.39 is 23.2 Å². The van der Waals surface area contributed by atoms with Crippen molar-refractivity contribution in [1.82, 2.24) is 5.06 Å². The van der Waals surface area contributed by atoms with Gasteiger partial charge >= 0.3 is 5.97 Å². The molecule has 1 aromatic carbocycles. The molecular formula is C14H15NO5. The van der Waals surface area contributed by atoms with Crippen molar-refractivity contribution in [3.63, 3.8) is 0 Å². The van der Waals surface area contributed by atoms with Crippen molar-refractivity contribution in [2.45, 2.75) is 24.8 Å². The SMILES string of the molecule is CON1C(=O)CCC(=O)[C@]1(Cc1ccccc1)C(=O)O. The first kappa shape index (κ1) is 14.2. The molecule has 0 unspecified atom stereocenters. The van der Waals surface area contributed by atoms with Crippen LogP contribution in [0.25, 0.3) is 0 Å². The van der Waals surface area contributed by atoms with Gasteiger partial charge in [0, 0.05) is 19.3 Å². The van der Waals surface area contributed by atoms with Crippen molar-refractivity contribution < 1.29 is 24.3 Å². The predicted octanol–water partition coefficient (Wildman–Crippen LogP) is 0.805. The summed E-state index contributed by atoms with van der Waals surface area (Å²) in [5.74, 6) is -2.39. The number of hydrogen-bond donors (Lipinski definition) is 1. The van der Waals surface area contributed by atoms with Crippen LogP contribution in [0.15, 0.2) is 30.3 Å². The van der Waals surface area contributed by atoms with Crippen LogP contribution < -0.4 is 0 Å². The van der Waals surface area contributed by atoms with Crippen LogP contribution in [0.3, 0.4) is 0 Å². The Hall–Kier alpha value is -2.21. The van der Waals surface area contributed by atoms with Gasteiger partial charge in [-0.1, -0.05) is 30.3 Å². The molecule has 1 heterocycles. The van der Waals surface area contributed by atoms with E-state index in [-0.39, 0.29) is 19.3 Å². The minimum Gasteiger partial charge on any atom is -0.479 e. The Bertz CT molecular complexity index is 542. The summed E-state index contributed by atoms with van der Waals surface area (Å²) in [4.78, 5) is 40.7. The van der Waals surface area contributed by atoms with E-state index in [1.807, 2.05) is 0 Å². The van der Waals surface area contributed by atoms with Crippen molar-refractivity contribution >= 4 is 17.7 Å². The standard InChI is InChI=1S/C14H15NO5/c1-20-15-12(17)8-7-11(16)14(15,13(18)19)9-10-5-3-2-4-6-10/h2-6H,7-9H2,1H3,(H,18,19)/t14-/m1/s1. The Morgan fingerprint density at radius 3 is 2.50 bits per heavy atom. The van der Waals surface area contributed by atoms with Gasteiger partial charge in [-0.2, -0.15) is 5.06 Å². The van der Waals surface area contributed by atoms with Gasteiger partial charge in [0.2, 0.25) is 11.4 Å². The van der Waals surface area contributed by atoms with Crippen molar-refractivity contribution in [3.05, 3.63) is 35.9 Å². The van der Waals surface area contributed by atoms with Gasteiger partial charge in [0.05, 0.1) is 7.11 Å². The highest BCUT2D eigenvalue weighted by atomic mass is 16.7.